The van der Waals surface area contributed by atoms with Gasteiger partial charge in [-0.3, -0.25) is 4.98 Å². The number of nitrogens with zero attached hydrogens (tertiary/aromatic N) is 1. The van der Waals surface area contributed by atoms with Crippen molar-refractivity contribution in [2.24, 2.45) is 5.73 Å². The van der Waals surface area contributed by atoms with E-state index < -0.39 is 0 Å². The molecule has 2 nitrogen and oxygen atoms in total. The maximum atomic E-state index is 5.88. The van der Waals surface area contributed by atoms with Crippen LogP contribution in [0.3, 0.4) is 0 Å². The van der Waals surface area contributed by atoms with E-state index in [1.807, 2.05) is 20.0 Å². The van der Waals surface area contributed by atoms with E-state index in [4.69, 9.17) is 5.73 Å². The molecule has 2 unspecified atom stereocenters. The minimum atomic E-state index is 0.181. The number of aromatic nitrogens is 1. The van der Waals surface area contributed by atoms with Gasteiger partial charge in [-0.25, -0.2) is 0 Å². The van der Waals surface area contributed by atoms with Gasteiger partial charge >= 0.3 is 0 Å². The first kappa shape index (κ1) is 10.2. The molecular weight excluding hydrogens is 160 g/mol. The van der Waals surface area contributed by atoms with Crippen LogP contribution in [0.4, 0.5) is 0 Å². The van der Waals surface area contributed by atoms with Crippen LogP contribution in [-0.4, -0.2) is 11.0 Å². The van der Waals surface area contributed by atoms with E-state index in [9.17, 15) is 0 Å². The quantitative estimate of drug-likeness (QED) is 0.771. The first-order valence-electron chi connectivity index (χ1n) is 4.83. The van der Waals surface area contributed by atoms with E-state index in [0.29, 0.717) is 5.92 Å². The predicted molar refractivity (Wildman–Crippen MR) is 55.7 cm³/mol. The molecule has 0 saturated carbocycles. The van der Waals surface area contributed by atoms with Crippen molar-refractivity contribution in [2.45, 2.75) is 39.2 Å². The van der Waals surface area contributed by atoms with Crippen LogP contribution in [0.1, 0.15) is 37.4 Å². The van der Waals surface area contributed by atoms with Crippen LogP contribution in [0.2, 0.25) is 0 Å². The fourth-order valence-electron chi connectivity index (χ4n) is 1.55. The van der Waals surface area contributed by atoms with Gasteiger partial charge in [0.05, 0.1) is 0 Å². The largest absolute Gasteiger partial charge is 0.327 e. The summed E-state index contributed by atoms with van der Waals surface area (Å²) < 4.78 is 0. The molecule has 0 aliphatic heterocycles. The molecule has 0 aromatic carbocycles. The number of hydrogen-bond acceptors (Lipinski definition) is 2. The molecule has 72 valence electrons. The van der Waals surface area contributed by atoms with Crippen LogP contribution >= 0.6 is 0 Å². The van der Waals surface area contributed by atoms with Crippen molar-refractivity contribution in [3.63, 3.8) is 0 Å². The first-order valence-corrected chi connectivity index (χ1v) is 4.83. The van der Waals surface area contributed by atoms with Crippen molar-refractivity contribution in [1.82, 2.24) is 4.98 Å². The topological polar surface area (TPSA) is 38.9 Å². The maximum absolute atomic E-state index is 5.88. The monoisotopic (exact) mass is 178 g/mol. The molecule has 2 atom stereocenters. The van der Waals surface area contributed by atoms with Crippen LogP contribution in [0.25, 0.3) is 0 Å². The van der Waals surface area contributed by atoms with E-state index in [-0.39, 0.29) is 6.04 Å². The highest BCUT2D eigenvalue weighted by molar-refractivity contribution is 5.16. The molecule has 1 heterocycles. The van der Waals surface area contributed by atoms with Gasteiger partial charge in [0, 0.05) is 23.9 Å². The first-order chi connectivity index (χ1) is 6.15. The number of rotatable bonds is 3. The van der Waals surface area contributed by atoms with Gasteiger partial charge in [-0.2, -0.15) is 0 Å². The molecule has 0 spiro atoms. The minimum absolute atomic E-state index is 0.181. The zero-order valence-electron chi connectivity index (χ0n) is 8.62. The third kappa shape index (κ3) is 2.52. The van der Waals surface area contributed by atoms with Gasteiger partial charge in [0.25, 0.3) is 0 Å². The van der Waals surface area contributed by atoms with Crippen molar-refractivity contribution in [3.05, 3.63) is 29.6 Å². The summed E-state index contributed by atoms with van der Waals surface area (Å²) in [6.07, 6.45) is 2.95. The van der Waals surface area contributed by atoms with Crippen molar-refractivity contribution in [3.8, 4) is 0 Å². The molecule has 0 bridgehead atoms. The molecule has 2 heteroatoms. The maximum Gasteiger partial charge on any atom is 0.0449 e. The van der Waals surface area contributed by atoms with Crippen molar-refractivity contribution in [2.75, 3.05) is 0 Å². The lowest BCUT2D eigenvalue weighted by molar-refractivity contribution is 0.540. The molecule has 0 aliphatic carbocycles. The van der Waals surface area contributed by atoms with Crippen LogP contribution < -0.4 is 5.73 Å². The van der Waals surface area contributed by atoms with Gasteiger partial charge in [0.1, 0.15) is 0 Å². The number of aryl methyl sites for hydroxylation is 1. The number of hydrogen-bond donors (Lipinski definition) is 1. The molecule has 0 radical (unpaired) electrons. The van der Waals surface area contributed by atoms with Gasteiger partial charge in [-0.05, 0) is 31.9 Å². The number of nitrogens with two attached hydrogens (primary N) is 1. The molecular formula is C11H18N2. The minimum Gasteiger partial charge on any atom is -0.327 e. The molecule has 2 N–H and O–H groups in total. The summed E-state index contributed by atoms with van der Waals surface area (Å²) in [4.78, 5) is 4.39. The summed E-state index contributed by atoms with van der Waals surface area (Å²) in [5, 5.41) is 0. The van der Waals surface area contributed by atoms with Crippen molar-refractivity contribution in [1.29, 1.82) is 0 Å². The summed E-state index contributed by atoms with van der Waals surface area (Å²) in [5.74, 6) is 0.389. The molecule has 0 amide bonds. The fraction of sp³-hybridized carbons (Fsp3) is 0.545. The Hall–Kier alpha value is -0.890. The lowest BCUT2D eigenvalue weighted by Crippen LogP contribution is -2.24. The Balaban J connectivity index is 2.86. The highest BCUT2D eigenvalue weighted by atomic mass is 14.7. The van der Waals surface area contributed by atoms with E-state index in [1.54, 1.807) is 0 Å². The Bertz CT molecular complexity index is 251. The summed E-state index contributed by atoms with van der Waals surface area (Å²) in [6.45, 7) is 6.23. The molecule has 1 rings (SSSR count). The second-order valence-electron chi connectivity index (χ2n) is 3.63. The lowest BCUT2D eigenvalue weighted by Gasteiger charge is -2.18. The van der Waals surface area contributed by atoms with Crippen LogP contribution in [0, 0.1) is 6.92 Å². The zero-order chi connectivity index (χ0) is 9.84. The summed E-state index contributed by atoms with van der Waals surface area (Å²) in [5.41, 5.74) is 8.19. The Morgan fingerprint density at radius 1 is 1.46 bits per heavy atom. The molecule has 13 heavy (non-hydrogen) atoms. The fourth-order valence-corrected chi connectivity index (χ4v) is 1.55. The number of pyridine rings is 1. The summed E-state index contributed by atoms with van der Waals surface area (Å²) in [6, 6.07) is 4.35. The SMILES string of the molecule is CCC(c1ccc(C)cn1)C(C)N. The van der Waals surface area contributed by atoms with E-state index in [2.05, 4.69) is 24.0 Å². The summed E-state index contributed by atoms with van der Waals surface area (Å²) in [7, 11) is 0. The summed E-state index contributed by atoms with van der Waals surface area (Å²) >= 11 is 0. The highest BCUT2D eigenvalue weighted by Gasteiger charge is 2.14. The van der Waals surface area contributed by atoms with E-state index >= 15 is 0 Å². The smallest absolute Gasteiger partial charge is 0.0449 e. The van der Waals surface area contributed by atoms with Crippen molar-refractivity contribution >= 4 is 0 Å². The molecule has 1 aromatic heterocycles. The van der Waals surface area contributed by atoms with Crippen LogP contribution in [-0.2, 0) is 0 Å². The van der Waals surface area contributed by atoms with Crippen LogP contribution in [0.5, 0.6) is 0 Å². The lowest BCUT2D eigenvalue weighted by atomic mass is 9.94. The third-order valence-electron chi connectivity index (χ3n) is 2.39. The van der Waals surface area contributed by atoms with Gasteiger partial charge < -0.3 is 5.73 Å². The second-order valence-corrected chi connectivity index (χ2v) is 3.63. The average Bonchev–Trinajstić information content (AvgIpc) is 2.09. The van der Waals surface area contributed by atoms with Gasteiger partial charge in [-0.1, -0.05) is 13.0 Å². The Morgan fingerprint density at radius 3 is 2.54 bits per heavy atom. The third-order valence-corrected chi connectivity index (χ3v) is 2.39. The highest BCUT2D eigenvalue weighted by Crippen LogP contribution is 2.19. The Morgan fingerprint density at radius 2 is 2.15 bits per heavy atom. The average molecular weight is 178 g/mol. The van der Waals surface area contributed by atoms with Gasteiger partial charge in [-0.15, -0.1) is 0 Å². The zero-order valence-corrected chi connectivity index (χ0v) is 8.62. The van der Waals surface area contributed by atoms with E-state index in [1.165, 1.54) is 5.56 Å². The van der Waals surface area contributed by atoms with E-state index in [0.717, 1.165) is 12.1 Å². The molecule has 0 fully saturated rings. The molecule has 1 aromatic rings. The second kappa shape index (κ2) is 4.38. The normalized spacial score (nSPS) is 15.4. The standard InChI is InChI=1S/C11H18N2/c1-4-10(9(3)12)11-6-5-8(2)7-13-11/h5-7,9-10H,4,12H2,1-3H3. The Labute approximate surface area is 80.2 Å². The molecule has 0 aliphatic rings. The van der Waals surface area contributed by atoms with Crippen LogP contribution in [0.15, 0.2) is 18.3 Å². The van der Waals surface area contributed by atoms with Gasteiger partial charge in [0.15, 0.2) is 0 Å². The van der Waals surface area contributed by atoms with Gasteiger partial charge in [0.2, 0.25) is 0 Å². The van der Waals surface area contributed by atoms with Crippen molar-refractivity contribution < 1.29 is 0 Å². The molecule has 0 saturated heterocycles. The predicted octanol–water partition coefficient (Wildman–Crippen LogP) is 2.23. The Kier molecular flexibility index (Phi) is 3.43.